The quantitative estimate of drug-likeness (QED) is 0.791. The van der Waals surface area contributed by atoms with E-state index >= 15 is 0 Å². The van der Waals surface area contributed by atoms with Crippen LogP contribution in [0.15, 0.2) is 18.2 Å². The fourth-order valence-electron chi connectivity index (χ4n) is 3.17. The van der Waals surface area contributed by atoms with Crippen LogP contribution in [0, 0.1) is 6.92 Å². The lowest BCUT2D eigenvalue weighted by Gasteiger charge is -2.16. The SMILES string of the molecule is CCOC(=O)Cc1c(C)n2c3c(cccc13)CCC2. The lowest BCUT2D eigenvalue weighted by molar-refractivity contribution is -0.142. The van der Waals surface area contributed by atoms with Gasteiger partial charge in [0.05, 0.1) is 18.5 Å². The molecule has 1 aromatic carbocycles. The van der Waals surface area contributed by atoms with Gasteiger partial charge in [-0.05, 0) is 37.8 Å². The van der Waals surface area contributed by atoms with E-state index in [9.17, 15) is 4.79 Å². The number of hydrogen-bond acceptors (Lipinski definition) is 2. The van der Waals surface area contributed by atoms with Crippen molar-refractivity contribution in [2.45, 2.75) is 39.7 Å². The first-order valence-corrected chi connectivity index (χ1v) is 6.97. The maximum Gasteiger partial charge on any atom is 0.310 e. The van der Waals surface area contributed by atoms with E-state index in [1.807, 2.05) is 6.92 Å². The van der Waals surface area contributed by atoms with E-state index in [1.54, 1.807) is 0 Å². The molecule has 2 aromatic rings. The van der Waals surface area contributed by atoms with Gasteiger partial charge in [0.15, 0.2) is 0 Å². The number of nitrogens with zero attached hydrogens (tertiary/aromatic N) is 1. The summed E-state index contributed by atoms with van der Waals surface area (Å²) in [7, 11) is 0. The number of benzene rings is 1. The first-order valence-electron chi connectivity index (χ1n) is 6.97. The van der Waals surface area contributed by atoms with E-state index in [1.165, 1.54) is 28.6 Å². The average Bonchev–Trinajstić information content (AvgIpc) is 2.68. The Kier molecular flexibility index (Phi) is 3.05. The predicted molar refractivity (Wildman–Crippen MR) is 75.3 cm³/mol. The first-order chi connectivity index (χ1) is 9.22. The number of para-hydroxylation sites is 1. The van der Waals surface area contributed by atoms with E-state index < -0.39 is 0 Å². The maximum absolute atomic E-state index is 11.8. The topological polar surface area (TPSA) is 31.2 Å². The van der Waals surface area contributed by atoms with Crippen LogP contribution in [-0.4, -0.2) is 17.1 Å². The highest BCUT2D eigenvalue weighted by molar-refractivity contribution is 5.91. The minimum atomic E-state index is -0.130. The Labute approximate surface area is 113 Å². The molecule has 100 valence electrons. The molecule has 0 saturated heterocycles. The zero-order valence-electron chi connectivity index (χ0n) is 11.5. The lowest BCUT2D eigenvalue weighted by Crippen LogP contribution is -2.10. The van der Waals surface area contributed by atoms with Crippen LogP contribution in [0.1, 0.15) is 30.2 Å². The summed E-state index contributed by atoms with van der Waals surface area (Å²) in [4.78, 5) is 11.8. The van der Waals surface area contributed by atoms with Gasteiger partial charge in [-0.2, -0.15) is 0 Å². The molecule has 0 fully saturated rings. The second-order valence-electron chi connectivity index (χ2n) is 5.11. The molecule has 0 amide bonds. The van der Waals surface area contributed by atoms with Crippen molar-refractivity contribution in [2.24, 2.45) is 0 Å². The summed E-state index contributed by atoms with van der Waals surface area (Å²) in [6, 6.07) is 6.43. The summed E-state index contributed by atoms with van der Waals surface area (Å²) < 4.78 is 7.45. The molecule has 3 heteroatoms. The molecule has 0 aliphatic carbocycles. The van der Waals surface area contributed by atoms with Gasteiger partial charge in [0.25, 0.3) is 0 Å². The molecule has 0 bridgehead atoms. The molecule has 0 radical (unpaired) electrons. The molecule has 1 aliphatic rings. The standard InChI is InChI=1S/C16H19NO2/c1-3-19-15(18)10-14-11(2)17-9-5-7-12-6-4-8-13(14)16(12)17/h4,6,8H,3,5,7,9-10H2,1-2H3. The van der Waals surface area contributed by atoms with Crippen molar-refractivity contribution < 1.29 is 9.53 Å². The minimum absolute atomic E-state index is 0.130. The number of carbonyl (C=O) groups excluding carboxylic acids is 1. The van der Waals surface area contributed by atoms with Crippen LogP contribution in [0.3, 0.4) is 0 Å². The summed E-state index contributed by atoms with van der Waals surface area (Å²) in [5, 5.41) is 1.22. The van der Waals surface area contributed by atoms with Gasteiger partial charge < -0.3 is 9.30 Å². The third kappa shape index (κ3) is 1.93. The summed E-state index contributed by atoms with van der Waals surface area (Å²) in [5.74, 6) is -0.130. The number of aryl methyl sites for hydroxylation is 2. The van der Waals surface area contributed by atoms with E-state index in [4.69, 9.17) is 4.74 Å². The Bertz CT molecular complexity index is 640. The molecule has 0 saturated carbocycles. The van der Waals surface area contributed by atoms with Crippen molar-refractivity contribution in [3.05, 3.63) is 35.0 Å². The van der Waals surface area contributed by atoms with Crippen LogP contribution in [0.4, 0.5) is 0 Å². The molecular weight excluding hydrogens is 238 g/mol. The highest BCUT2D eigenvalue weighted by Crippen LogP contribution is 2.32. The molecule has 1 aliphatic heterocycles. The van der Waals surface area contributed by atoms with Gasteiger partial charge in [-0.15, -0.1) is 0 Å². The van der Waals surface area contributed by atoms with Crippen molar-refractivity contribution >= 4 is 16.9 Å². The van der Waals surface area contributed by atoms with Crippen molar-refractivity contribution in [3.63, 3.8) is 0 Å². The molecule has 2 heterocycles. The van der Waals surface area contributed by atoms with Crippen LogP contribution < -0.4 is 0 Å². The largest absolute Gasteiger partial charge is 0.466 e. The highest BCUT2D eigenvalue weighted by Gasteiger charge is 2.21. The highest BCUT2D eigenvalue weighted by atomic mass is 16.5. The van der Waals surface area contributed by atoms with E-state index in [2.05, 4.69) is 29.7 Å². The maximum atomic E-state index is 11.8. The lowest BCUT2D eigenvalue weighted by atomic mass is 10.0. The fourth-order valence-corrected chi connectivity index (χ4v) is 3.17. The zero-order chi connectivity index (χ0) is 13.4. The van der Waals surface area contributed by atoms with Crippen LogP contribution in [0.2, 0.25) is 0 Å². The summed E-state index contributed by atoms with van der Waals surface area (Å²) in [6.07, 6.45) is 2.70. The van der Waals surface area contributed by atoms with Crippen molar-refractivity contribution in [2.75, 3.05) is 6.61 Å². The molecule has 19 heavy (non-hydrogen) atoms. The number of rotatable bonds is 3. The van der Waals surface area contributed by atoms with Gasteiger partial charge >= 0.3 is 5.97 Å². The summed E-state index contributed by atoms with van der Waals surface area (Å²) in [6.45, 7) is 5.47. The Balaban J connectivity index is 2.13. The second kappa shape index (κ2) is 4.72. The number of carbonyl (C=O) groups is 1. The molecule has 0 N–H and O–H groups in total. The van der Waals surface area contributed by atoms with E-state index in [0.717, 1.165) is 18.5 Å². The average molecular weight is 257 g/mol. The molecule has 0 unspecified atom stereocenters. The van der Waals surface area contributed by atoms with Crippen LogP contribution in [0.5, 0.6) is 0 Å². The Morgan fingerprint density at radius 2 is 2.26 bits per heavy atom. The van der Waals surface area contributed by atoms with Gasteiger partial charge in [-0.25, -0.2) is 0 Å². The van der Waals surface area contributed by atoms with Gasteiger partial charge in [0.1, 0.15) is 0 Å². The predicted octanol–water partition coefficient (Wildman–Crippen LogP) is 3.00. The number of hydrogen-bond donors (Lipinski definition) is 0. The van der Waals surface area contributed by atoms with E-state index in [0.29, 0.717) is 13.0 Å². The van der Waals surface area contributed by atoms with Crippen molar-refractivity contribution in [1.82, 2.24) is 4.57 Å². The van der Waals surface area contributed by atoms with Gasteiger partial charge in [-0.1, -0.05) is 18.2 Å². The Morgan fingerprint density at radius 1 is 1.42 bits per heavy atom. The van der Waals surface area contributed by atoms with Crippen LogP contribution in [0.25, 0.3) is 10.9 Å². The van der Waals surface area contributed by atoms with Crippen LogP contribution in [-0.2, 0) is 28.9 Å². The smallest absolute Gasteiger partial charge is 0.310 e. The van der Waals surface area contributed by atoms with Gasteiger partial charge in [-0.3, -0.25) is 4.79 Å². The zero-order valence-corrected chi connectivity index (χ0v) is 11.5. The number of aromatic nitrogens is 1. The summed E-state index contributed by atoms with van der Waals surface area (Å²) in [5.41, 5.74) is 5.08. The molecule has 1 aromatic heterocycles. The molecule has 0 spiro atoms. The molecule has 3 rings (SSSR count). The number of ether oxygens (including phenoxy) is 1. The van der Waals surface area contributed by atoms with Crippen molar-refractivity contribution in [1.29, 1.82) is 0 Å². The van der Waals surface area contributed by atoms with Gasteiger partial charge in [0, 0.05) is 17.6 Å². The fraction of sp³-hybridized carbons (Fsp3) is 0.438. The molecule has 3 nitrogen and oxygen atoms in total. The summed E-state index contributed by atoms with van der Waals surface area (Å²) >= 11 is 0. The van der Waals surface area contributed by atoms with Gasteiger partial charge in [0.2, 0.25) is 0 Å². The second-order valence-corrected chi connectivity index (χ2v) is 5.11. The molecule has 0 atom stereocenters. The normalized spacial score (nSPS) is 13.8. The minimum Gasteiger partial charge on any atom is -0.466 e. The Hall–Kier alpha value is -1.77. The third-order valence-electron chi connectivity index (χ3n) is 4.01. The molecular formula is C16H19NO2. The third-order valence-corrected chi connectivity index (χ3v) is 4.01. The monoisotopic (exact) mass is 257 g/mol. The van der Waals surface area contributed by atoms with Crippen molar-refractivity contribution in [3.8, 4) is 0 Å². The van der Waals surface area contributed by atoms with E-state index in [-0.39, 0.29) is 5.97 Å². The Morgan fingerprint density at radius 3 is 3.05 bits per heavy atom. The number of esters is 1. The first kappa shape index (κ1) is 12.3. The van der Waals surface area contributed by atoms with Crippen LogP contribution >= 0.6 is 0 Å².